The third kappa shape index (κ3) is 7.36. The van der Waals surface area contributed by atoms with Crippen molar-refractivity contribution in [3.8, 4) is 0 Å². The van der Waals surface area contributed by atoms with Gasteiger partial charge in [0.15, 0.2) is 5.76 Å². The Labute approximate surface area is 261 Å². The number of ether oxygens (including phenoxy) is 7. The normalized spacial score (nSPS) is 31.5. The van der Waals surface area contributed by atoms with Crippen LogP contribution in [0.5, 0.6) is 0 Å². The van der Waals surface area contributed by atoms with Gasteiger partial charge in [-0.25, -0.2) is 4.79 Å². The molecule has 2 aromatic rings. The van der Waals surface area contributed by atoms with E-state index in [2.05, 4.69) is 36.9 Å². The van der Waals surface area contributed by atoms with E-state index < -0.39 is 35.0 Å². The Morgan fingerprint density at radius 1 is 1.09 bits per heavy atom. The molecule has 2 aliphatic heterocycles. The van der Waals surface area contributed by atoms with Gasteiger partial charge in [-0.3, -0.25) is 0 Å². The van der Waals surface area contributed by atoms with Crippen LogP contribution < -0.4 is 0 Å². The van der Waals surface area contributed by atoms with Crippen molar-refractivity contribution >= 4 is 16.7 Å². The van der Waals surface area contributed by atoms with Gasteiger partial charge in [-0.2, -0.15) is 0 Å². The average Bonchev–Trinajstić information content (AvgIpc) is 3.11. The predicted molar refractivity (Wildman–Crippen MR) is 167 cm³/mol. The van der Waals surface area contributed by atoms with Gasteiger partial charge in [0.25, 0.3) is 0 Å². The molecule has 2 aromatic carbocycles. The molecular formula is C35H48O9. The van der Waals surface area contributed by atoms with Gasteiger partial charge in [0, 0.05) is 20.0 Å². The van der Waals surface area contributed by atoms with Crippen molar-refractivity contribution in [1.82, 2.24) is 0 Å². The molecule has 0 aliphatic carbocycles. The van der Waals surface area contributed by atoms with Gasteiger partial charge in [-0.15, -0.1) is 6.58 Å². The molecule has 2 saturated heterocycles. The third-order valence-electron chi connectivity index (χ3n) is 9.15. The number of fused-ring (bicyclic) bond motifs is 2. The quantitative estimate of drug-likeness (QED) is 0.102. The van der Waals surface area contributed by atoms with Gasteiger partial charge < -0.3 is 38.3 Å². The minimum Gasteiger partial charge on any atom is -0.490 e. The number of rotatable bonds is 13. The maximum atomic E-state index is 12.1. The fourth-order valence-electron chi connectivity index (χ4n) is 6.52. The summed E-state index contributed by atoms with van der Waals surface area (Å²) in [6.45, 7) is 10.3. The summed E-state index contributed by atoms with van der Waals surface area (Å²) in [5.74, 6) is -0.537. The van der Waals surface area contributed by atoms with E-state index in [4.69, 9.17) is 33.2 Å². The molecule has 1 N–H and O–H groups in total. The highest BCUT2D eigenvalue weighted by Crippen LogP contribution is 2.48. The largest absolute Gasteiger partial charge is 0.490 e. The molecule has 0 saturated carbocycles. The van der Waals surface area contributed by atoms with Crippen LogP contribution in [-0.2, 0) is 44.6 Å². The highest BCUT2D eigenvalue weighted by molar-refractivity contribution is 5.86. The van der Waals surface area contributed by atoms with Crippen LogP contribution in [0.25, 0.3) is 10.8 Å². The molecule has 2 fully saturated rings. The van der Waals surface area contributed by atoms with Crippen molar-refractivity contribution in [3.05, 3.63) is 72.5 Å². The number of esters is 1. The first-order valence-electron chi connectivity index (χ1n) is 15.2. The van der Waals surface area contributed by atoms with E-state index in [-0.39, 0.29) is 31.2 Å². The lowest BCUT2D eigenvalue weighted by Gasteiger charge is -2.55. The lowest BCUT2D eigenvalue weighted by atomic mass is 9.76. The monoisotopic (exact) mass is 612 g/mol. The van der Waals surface area contributed by atoms with E-state index in [9.17, 15) is 9.90 Å². The van der Waals surface area contributed by atoms with Crippen molar-refractivity contribution in [2.24, 2.45) is 0 Å². The number of hydrogen-bond acceptors (Lipinski definition) is 9. The predicted octanol–water partition coefficient (Wildman–Crippen LogP) is 5.62. The van der Waals surface area contributed by atoms with Crippen molar-refractivity contribution in [2.45, 2.75) is 101 Å². The molecule has 242 valence electrons. The average molecular weight is 613 g/mol. The minimum atomic E-state index is -1.03. The van der Waals surface area contributed by atoms with Crippen LogP contribution in [0, 0.1) is 0 Å². The Kier molecular flexibility index (Phi) is 11.3. The molecule has 7 atom stereocenters. The number of benzene rings is 2. The van der Waals surface area contributed by atoms with Crippen LogP contribution in [0.4, 0.5) is 0 Å². The molecule has 44 heavy (non-hydrogen) atoms. The summed E-state index contributed by atoms with van der Waals surface area (Å²) in [4.78, 5) is 12.1. The molecule has 2 aliphatic rings. The Hall–Kier alpha value is -2.79. The zero-order chi connectivity index (χ0) is 32.0. The third-order valence-corrected chi connectivity index (χ3v) is 9.15. The standard InChI is InChI=1S/C35H48O9/c1-8-11-30(41-22-24-14-15-25-12-9-10-13-26(25)20-24)35(4)31(42-23-38-5)21-34(3)29(43-35)17-16-28(36)33(2,44-34)19-18-27(39-6)32(37)40-7/h8-10,12-15,18,20,28-31,36H,1,11,16-17,19,21-23H2,2-7H3/b27-18-/t28-,29-,30+,31-,33-,34+,35+/m1/s1. The van der Waals surface area contributed by atoms with Crippen LogP contribution in [0.1, 0.15) is 58.4 Å². The van der Waals surface area contributed by atoms with Gasteiger partial charge in [0.1, 0.15) is 12.4 Å². The molecule has 0 spiro atoms. The van der Waals surface area contributed by atoms with Crippen molar-refractivity contribution < 1.29 is 43.1 Å². The Bertz CT molecular complexity index is 1310. The maximum Gasteiger partial charge on any atom is 0.372 e. The first-order chi connectivity index (χ1) is 21.0. The molecule has 0 aromatic heterocycles. The van der Waals surface area contributed by atoms with Crippen LogP contribution in [0.15, 0.2) is 67.0 Å². The number of carbonyl (C=O) groups is 1. The summed E-state index contributed by atoms with van der Waals surface area (Å²) in [5.41, 5.74) is -1.68. The SMILES string of the molecule is C=CC[C@H](OCc1ccc2ccccc2c1)[C@]1(C)O[C@@H]2CC[C@@H](O)[C@@](C)(C/C=C(\OC)C(=O)OC)O[C@@]2(C)C[C@H]1OCOC. The molecule has 0 bridgehead atoms. The Balaban J connectivity index is 1.60. The number of methoxy groups -OCH3 is 3. The van der Waals surface area contributed by atoms with E-state index >= 15 is 0 Å². The molecule has 0 amide bonds. The van der Waals surface area contributed by atoms with Crippen molar-refractivity contribution in [3.63, 3.8) is 0 Å². The van der Waals surface area contributed by atoms with E-state index in [1.54, 1.807) is 13.2 Å². The number of aliphatic hydroxyl groups excluding tert-OH is 1. The first kappa shape index (κ1) is 34.1. The summed E-state index contributed by atoms with van der Waals surface area (Å²) in [6, 6.07) is 14.6. The summed E-state index contributed by atoms with van der Waals surface area (Å²) in [7, 11) is 4.28. The summed E-state index contributed by atoms with van der Waals surface area (Å²) in [5, 5.41) is 13.6. The fourth-order valence-corrected chi connectivity index (χ4v) is 6.52. The summed E-state index contributed by atoms with van der Waals surface area (Å²) < 4.78 is 42.1. The second-order valence-electron chi connectivity index (χ2n) is 12.4. The lowest BCUT2D eigenvalue weighted by Crippen LogP contribution is -2.66. The van der Waals surface area contributed by atoms with E-state index in [1.165, 1.54) is 19.6 Å². The highest BCUT2D eigenvalue weighted by Gasteiger charge is 2.59. The Morgan fingerprint density at radius 2 is 1.84 bits per heavy atom. The summed E-state index contributed by atoms with van der Waals surface area (Å²) >= 11 is 0. The van der Waals surface area contributed by atoms with Crippen molar-refractivity contribution in [2.75, 3.05) is 28.1 Å². The van der Waals surface area contributed by atoms with Gasteiger partial charge in [0.2, 0.25) is 0 Å². The number of carbonyl (C=O) groups excluding carboxylic acids is 1. The maximum absolute atomic E-state index is 12.1. The van der Waals surface area contributed by atoms with Gasteiger partial charge in [-0.05, 0) is 68.5 Å². The van der Waals surface area contributed by atoms with Gasteiger partial charge in [-0.1, -0.05) is 42.5 Å². The molecule has 4 rings (SSSR count). The minimum absolute atomic E-state index is 0.0556. The zero-order valence-electron chi connectivity index (χ0n) is 26.9. The highest BCUT2D eigenvalue weighted by atomic mass is 16.7. The van der Waals surface area contributed by atoms with Gasteiger partial charge in [0.05, 0.1) is 56.4 Å². The van der Waals surface area contributed by atoms with Crippen LogP contribution in [0.3, 0.4) is 0 Å². The molecule has 2 heterocycles. The van der Waals surface area contributed by atoms with Crippen LogP contribution >= 0.6 is 0 Å². The topological polar surface area (TPSA) is 102 Å². The smallest absolute Gasteiger partial charge is 0.372 e. The molecule has 9 heteroatoms. The van der Waals surface area contributed by atoms with E-state index in [1.807, 2.05) is 39.0 Å². The van der Waals surface area contributed by atoms with Crippen molar-refractivity contribution in [1.29, 1.82) is 0 Å². The van der Waals surface area contributed by atoms with Gasteiger partial charge >= 0.3 is 5.97 Å². The second kappa shape index (κ2) is 14.5. The zero-order valence-corrected chi connectivity index (χ0v) is 26.9. The van der Waals surface area contributed by atoms with E-state index in [0.29, 0.717) is 32.3 Å². The molecule has 0 radical (unpaired) electrons. The number of hydrogen-bond donors (Lipinski definition) is 1. The lowest BCUT2D eigenvalue weighted by molar-refractivity contribution is -0.322. The van der Waals surface area contributed by atoms with E-state index in [0.717, 1.165) is 10.9 Å². The molecular weight excluding hydrogens is 564 g/mol. The van der Waals surface area contributed by atoms with Crippen LogP contribution in [0.2, 0.25) is 0 Å². The molecule has 0 unspecified atom stereocenters. The molecule has 9 nitrogen and oxygen atoms in total. The fraction of sp³-hybridized carbons (Fsp3) is 0.571. The first-order valence-corrected chi connectivity index (χ1v) is 15.2. The Morgan fingerprint density at radius 3 is 2.52 bits per heavy atom. The summed E-state index contributed by atoms with van der Waals surface area (Å²) in [6.07, 6.45) is 3.63. The number of aliphatic hydroxyl groups is 1. The second-order valence-corrected chi connectivity index (χ2v) is 12.4. The van der Waals surface area contributed by atoms with Crippen LogP contribution in [-0.4, -0.2) is 80.4 Å².